The summed E-state index contributed by atoms with van der Waals surface area (Å²) in [6, 6.07) is 5.88. The van der Waals surface area contributed by atoms with Crippen molar-refractivity contribution in [3.05, 3.63) is 29.8 Å². The van der Waals surface area contributed by atoms with Crippen molar-refractivity contribution in [1.82, 2.24) is 0 Å². The summed E-state index contributed by atoms with van der Waals surface area (Å²) in [4.78, 5) is 0. The predicted molar refractivity (Wildman–Crippen MR) is 58.0 cm³/mol. The van der Waals surface area contributed by atoms with Crippen LogP contribution in [0.4, 0.5) is 0 Å². The molecule has 1 aromatic carbocycles. The largest absolute Gasteiger partial charge is 0.488 e. The van der Waals surface area contributed by atoms with Crippen LogP contribution in [0.2, 0.25) is 0 Å². The summed E-state index contributed by atoms with van der Waals surface area (Å²) in [5.74, 6) is 0. The first-order valence-electron chi connectivity index (χ1n) is 4.23. The standard InChI is InChI=1S/C8H12BNO4S/c1-15(13,14)8(10)6-3-2-4-7(5-6)9(11)12/h2-5,8,11-12H,10H2,1H3. The van der Waals surface area contributed by atoms with E-state index in [1.54, 1.807) is 0 Å². The highest BCUT2D eigenvalue weighted by atomic mass is 32.2. The predicted octanol–water partition coefficient (Wildman–Crippen LogP) is -1.63. The minimum atomic E-state index is -3.38. The lowest BCUT2D eigenvalue weighted by Gasteiger charge is -2.10. The molecule has 15 heavy (non-hydrogen) atoms. The Labute approximate surface area is 88.6 Å². The number of rotatable bonds is 3. The second-order valence-corrected chi connectivity index (χ2v) is 5.46. The van der Waals surface area contributed by atoms with Crippen molar-refractivity contribution < 1.29 is 18.5 Å². The van der Waals surface area contributed by atoms with Crippen LogP contribution in [0.1, 0.15) is 10.9 Å². The van der Waals surface area contributed by atoms with Crippen molar-refractivity contribution in [2.45, 2.75) is 5.37 Å². The first-order chi connectivity index (χ1) is 6.82. The first kappa shape index (κ1) is 12.2. The third kappa shape index (κ3) is 3.03. The number of hydrogen-bond donors (Lipinski definition) is 3. The van der Waals surface area contributed by atoms with Crippen LogP contribution in [0.5, 0.6) is 0 Å². The minimum Gasteiger partial charge on any atom is -0.423 e. The van der Waals surface area contributed by atoms with E-state index in [0.717, 1.165) is 6.26 Å². The molecule has 0 radical (unpaired) electrons. The Kier molecular flexibility index (Phi) is 3.51. The summed E-state index contributed by atoms with van der Waals surface area (Å²) in [6.07, 6.45) is 1.03. The molecule has 1 aromatic rings. The lowest BCUT2D eigenvalue weighted by Crippen LogP contribution is -2.31. The van der Waals surface area contributed by atoms with E-state index >= 15 is 0 Å². The van der Waals surface area contributed by atoms with Gasteiger partial charge in [-0.05, 0) is 11.0 Å². The second-order valence-electron chi connectivity index (χ2n) is 3.29. The highest BCUT2D eigenvalue weighted by molar-refractivity contribution is 7.90. The molecule has 0 aliphatic rings. The SMILES string of the molecule is CS(=O)(=O)C(N)c1cccc(B(O)O)c1. The molecule has 0 spiro atoms. The van der Waals surface area contributed by atoms with E-state index in [4.69, 9.17) is 15.8 Å². The molecule has 0 aromatic heterocycles. The average molecular weight is 229 g/mol. The summed E-state index contributed by atoms with van der Waals surface area (Å²) in [5, 5.41) is 16.7. The van der Waals surface area contributed by atoms with Crippen molar-refractivity contribution >= 4 is 22.4 Å². The quantitative estimate of drug-likeness (QED) is 0.540. The van der Waals surface area contributed by atoms with E-state index in [1.807, 2.05) is 0 Å². The maximum Gasteiger partial charge on any atom is 0.488 e. The smallest absolute Gasteiger partial charge is 0.423 e. The van der Waals surface area contributed by atoms with E-state index in [2.05, 4.69) is 0 Å². The van der Waals surface area contributed by atoms with Crippen LogP contribution in [0, 0.1) is 0 Å². The highest BCUT2D eigenvalue weighted by Gasteiger charge is 2.19. The molecule has 0 heterocycles. The Morgan fingerprint density at radius 1 is 1.40 bits per heavy atom. The summed E-state index contributed by atoms with van der Waals surface area (Å²) in [5.41, 5.74) is 6.04. The van der Waals surface area contributed by atoms with Gasteiger partial charge in [0.15, 0.2) is 9.84 Å². The van der Waals surface area contributed by atoms with Gasteiger partial charge in [0.25, 0.3) is 0 Å². The van der Waals surface area contributed by atoms with E-state index in [0.29, 0.717) is 5.56 Å². The van der Waals surface area contributed by atoms with Gasteiger partial charge in [-0.25, -0.2) is 8.42 Å². The Hall–Kier alpha value is -0.885. The molecule has 1 unspecified atom stereocenters. The minimum absolute atomic E-state index is 0.214. The van der Waals surface area contributed by atoms with Crippen molar-refractivity contribution in [2.75, 3.05) is 6.26 Å². The van der Waals surface area contributed by atoms with Gasteiger partial charge in [0, 0.05) is 6.26 Å². The molecule has 1 rings (SSSR count). The second kappa shape index (κ2) is 4.32. The average Bonchev–Trinajstić information content (AvgIpc) is 2.15. The number of hydrogen-bond acceptors (Lipinski definition) is 5. The molecule has 82 valence electrons. The summed E-state index contributed by atoms with van der Waals surface area (Å²) in [6.45, 7) is 0. The van der Waals surface area contributed by atoms with E-state index in [9.17, 15) is 8.42 Å². The summed E-state index contributed by atoms with van der Waals surface area (Å²) in [7, 11) is -5.01. The van der Waals surface area contributed by atoms with E-state index in [-0.39, 0.29) is 5.46 Å². The number of sulfone groups is 1. The molecule has 0 saturated heterocycles. The Bertz CT molecular complexity index is 446. The van der Waals surface area contributed by atoms with Gasteiger partial charge in [-0.2, -0.15) is 0 Å². The molecule has 0 bridgehead atoms. The molecule has 7 heteroatoms. The van der Waals surface area contributed by atoms with Crippen LogP contribution in [0.3, 0.4) is 0 Å². The van der Waals surface area contributed by atoms with Crippen molar-refractivity contribution in [2.24, 2.45) is 5.73 Å². The van der Waals surface area contributed by atoms with Gasteiger partial charge in [-0.1, -0.05) is 24.3 Å². The maximum absolute atomic E-state index is 11.2. The van der Waals surface area contributed by atoms with Gasteiger partial charge < -0.3 is 15.8 Å². The topological polar surface area (TPSA) is 101 Å². The van der Waals surface area contributed by atoms with Crippen LogP contribution in [0.15, 0.2) is 24.3 Å². The van der Waals surface area contributed by atoms with Gasteiger partial charge in [0.05, 0.1) is 0 Å². The van der Waals surface area contributed by atoms with Gasteiger partial charge in [-0.3, -0.25) is 0 Å². The fraction of sp³-hybridized carbons (Fsp3) is 0.250. The van der Waals surface area contributed by atoms with Crippen molar-refractivity contribution in [3.63, 3.8) is 0 Å². The van der Waals surface area contributed by atoms with Crippen LogP contribution >= 0.6 is 0 Å². The zero-order valence-corrected chi connectivity index (χ0v) is 8.98. The molecule has 0 amide bonds. The Morgan fingerprint density at radius 2 is 2.00 bits per heavy atom. The Balaban J connectivity index is 3.11. The molecule has 5 nitrogen and oxygen atoms in total. The Morgan fingerprint density at radius 3 is 2.47 bits per heavy atom. The lowest BCUT2D eigenvalue weighted by molar-refractivity contribution is 0.425. The van der Waals surface area contributed by atoms with Crippen molar-refractivity contribution in [1.29, 1.82) is 0 Å². The monoisotopic (exact) mass is 229 g/mol. The van der Waals surface area contributed by atoms with Crippen molar-refractivity contribution in [3.8, 4) is 0 Å². The molecule has 1 atom stereocenters. The fourth-order valence-electron chi connectivity index (χ4n) is 1.14. The number of nitrogens with two attached hydrogens (primary N) is 1. The summed E-state index contributed by atoms with van der Waals surface area (Å²) >= 11 is 0. The fourth-order valence-corrected chi connectivity index (χ4v) is 1.78. The molecule has 0 aliphatic heterocycles. The number of benzene rings is 1. The first-order valence-corrected chi connectivity index (χ1v) is 6.18. The molecule has 4 N–H and O–H groups in total. The van der Waals surface area contributed by atoms with Crippen LogP contribution in [-0.4, -0.2) is 31.8 Å². The summed E-state index contributed by atoms with van der Waals surface area (Å²) < 4.78 is 22.3. The lowest BCUT2D eigenvalue weighted by atomic mass is 9.79. The normalized spacial score (nSPS) is 13.6. The molecule has 0 fully saturated rings. The zero-order valence-electron chi connectivity index (χ0n) is 8.16. The van der Waals surface area contributed by atoms with Crippen LogP contribution in [0.25, 0.3) is 0 Å². The molecule has 0 aliphatic carbocycles. The van der Waals surface area contributed by atoms with Gasteiger partial charge in [-0.15, -0.1) is 0 Å². The van der Waals surface area contributed by atoms with Gasteiger partial charge in [0.1, 0.15) is 5.37 Å². The molecule has 0 saturated carbocycles. The van der Waals surface area contributed by atoms with Gasteiger partial charge in [0.2, 0.25) is 0 Å². The third-order valence-corrected chi connectivity index (χ3v) is 3.19. The van der Waals surface area contributed by atoms with Crippen LogP contribution < -0.4 is 11.2 Å². The molecular formula is C8H12BNO4S. The van der Waals surface area contributed by atoms with E-state index < -0.39 is 22.3 Å². The van der Waals surface area contributed by atoms with E-state index in [1.165, 1.54) is 24.3 Å². The molecular weight excluding hydrogens is 217 g/mol. The third-order valence-electron chi connectivity index (χ3n) is 2.00. The highest BCUT2D eigenvalue weighted by Crippen LogP contribution is 2.13. The van der Waals surface area contributed by atoms with Crippen LogP contribution in [-0.2, 0) is 9.84 Å². The zero-order chi connectivity index (χ0) is 11.6. The van der Waals surface area contributed by atoms with Gasteiger partial charge >= 0.3 is 7.12 Å². The maximum atomic E-state index is 11.2.